The van der Waals surface area contributed by atoms with Crippen molar-refractivity contribution in [2.24, 2.45) is 22.2 Å². The lowest BCUT2D eigenvalue weighted by Crippen LogP contribution is -2.76. The van der Waals surface area contributed by atoms with Crippen molar-refractivity contribution in [1.82, 2.24) is 0 Å². The average molecular weight is 449 g/mol. The SMILES string of the molecule is COC(=O)[C@@]12CC[C@@H]3OC(=O)C[C@]34C[C@@H]([C@H](CS(=O)(=O)c3ccccc3)O[C@@H]41)C2(C)C. The molecule has 7 nitrogen and oxygen atoms in total. The molecule has 5 aliphatic rings. The first kappa shape index (κ1) is 20.9. The highest BCUT2D eigenvalue weighted by Crippen LogP contribution is 2.73. The molecule has 1 spiro atoms. The van der Waals surface area contributed by atoms with Crippen molar-refractivity contribution in [1.29, 1.82) is 0 Å². The number of sulfone groups is 1. The van der Waals surface area contributed by atoms with Gasteiger partial charge in [0.1, 0.15) is 11.5 Å². The minimum Gasteiger partial charge on any atom is -0.469 e. The third kappa shape index (κ3) is 2.58. The second-order valence-electron chi connectivity index (χ2n) is 10.1. The maximum atomic E-state index is 13.2. The summed E-state index contributed by atoms with van der Waals surface area (Å²) in [5.41, 5.74) is -2.08. The van der Waals surface area contributed by atoms with Crippen LogP contribution >= 0.6 is 0 Å². The van der Waals surface area contributed by atoms with Gasteiger partial charge in [0, 0.05) is 5.41 Å². The Balaban J connectivity index is 1.57. The second kappa shape index (κ2) is 6.54. The molecule has 6 atom stereocenters. The average Bonchev–Trinajstić information content (AvgIpc) is 3.05. The summed E-state index contributed by atoms with van der Waals surface area (Å²) in [7, 11) is -2.20. The summed E-state index contributed by atoms with van der Waals surface area (Å²) < 4.78 is 43.7. The van der Waals surface area contributed by atoms with E-state index >= 15 is 0 Å². The topological polar surface area (TPSA) is 96.0 Å². The molecule has 2 saturated carbocycles. The lowest BCUT2D eigenvalue weighted by atomic mass is 9.38. The van der Waals surface area contributed by atoms with E-state index < -0.39 is 38.3 Å². The highest BCUT2D eigenvalue weighted by Gasteiger charge is 2.79. The third-order valence-electron chi connectivity index (χ3n) is 8.63. The van der Waals surface area contributed by atoms with Crippen LogP contribution in [0, 0.1) is 22.2 Å². The zero-order valence-corrected chi connectivity index (χ0v) is 18.8. The zero-order chi connectivity index (χ0) is 22.2. The van der Waals surface area contributed by atoms with Gasteiger partial charge in [0.2, 0.25) is 0 Å². The van der Waals surface area contributed by atoms with E-state index in [-0.39, 0.29) is 41.0 Å². The van der Waals surface area contributed by atoms with Gasteiger partial charge in [-0.15, -0.1) is 0 Å². The van der Waals surface area contributed by atoms with Crippen LogP contribution in [0.1, 0.15) is 39.5 Å². The van der Waals surface area contributed by atoms with Crippen molar-refractivity contribution in [3.8, 4) is 0 Å². The first-order valence-electron chi connectivity index (χ1n) is 10.8. The first-order chi connectivity index (χ1) is 14.6. The molecule has 1 aromatic carbocycles. The minimum atomic E-state index is -3.58. The summed E-state index contributed by atoms with van der Waals surface area (Å²) in [5.74, 6) is -0.997. The molecule has 2 aliphatic carbocycles. The van der Waals surface area contributed by atoms with Gasteiger partial charge in [-0.1, -0.05) is 32.0 Å². The Morgan fingerprint density at radius 3 is 2.61 bits per heavy atom. The summed E-state index contributed by atoms with van der Waals surface area (Å²) in [5, 5.41) is 0. The van der Waals surface area contributed by atoms with Crippen LogP contribution in [0.3, 0.4) is 0 Å². The zero-order valence-electron chi connectivity index (χ0n) is 18.0. The molecule has 3 saturated heterocycles. The standard InChI is InChI=1S/C23H28O7S/c1-21(2)15-11-22-12-18(24)30-17(22)9-10-23(21,20(25)28-3)19(22)29-16(15)13-31(26,27)14-7-5-4-6-8-14/h4-8,15-17,19H,9-13H2,1-3H3/t15-,16-,17-,19-,22+,23+/m0/s1. The highest BCUT2D eigenvalue weighted by molar-refractivity contribution is 7.91. The van der Waals surface area contributed by atoms with Gasteiger partial charge in [0.25, 0.3) is 0 Å². The Morgan fingerprint density at radius 2 is 1.94 bits per heavy atom. The Morgan fingerprint density at radius 1 is 1.23 bits per heavy atom. The summed E-state index contributed by atoms with van der Waals surface area (Å²) in [6.07, 6.45) is 0.403. The fourth-order valence-electron chi connectivity index (χ4n) is 7.12. The lowest BCUT2D eigenvalue weighted by molar-refractivity contribution is -0.328. The number of benzene rings is 1. The maximum absolute atomic E-state index is 13.2. The molecular formula is C23H28O7S. The van der Waals surface area contributed by atoms with Crippen molar-refractivity contribution >= 4 is 21.8 Å². The molecule has 1 aromatic rings. The van der Waals surface area contributed by atoms with E-state index in [1.165, 1.54) is 7.11 Å². The van der Waals surface area contributed by atoms with E-state index in [0.717, 1.165) is 0 Å². The molecule has 31 heavy (non-hydrogen) atoms. The quantitative estimate of drug-likeness (QED) is 0.653. The molecule has 168 valence electrons. The van der Waals surface area contributed by atoms with E-state index in [2.05, 4.69) is 0 Å². The van der Waals surface area contributed by atoms with Crippen LogP contribution in [0.15, 0.2) is 35.2 Å². The fourth-order valence-corrected chi connectivity index (χ4v) is 8.63. The van der Waals surface area contributed by atoms with Crippen molar-refractivity contribution in [2.45, 2.75) is 62.7 Å². The van der Waals surface area contributed by atoms with Crippen molar-refractivity contribution in [2.75, 3.05) is 12.9 Å². The van der Waals surface area contributed by atoms with Gasteiger partial charge in [-0.25, -0.2) is 8.42 Å². The van der Waals surface area contributed by atoms with Crippen LogP contribution in [0.25, 0.3) is 0 Å². The van der Waals surface area contributed by atoms with Crippen molar-refractivity contribution in [3.05, 3.63) is 30.3 Å². The largest absolute Gasteiger partial charge is 0.469 e. The molecule has 4 bridgehead atoms. The van der Waals surface area contributed by atoms with Gasteiger partial charge in [0.15, 0.2) is 9.84 Å². The van der Waals surface area contributed by atoms with E-state index in [0.29, 0.717) is 19.3 Å². The number of methoxy groups -OCH3 is 1. The van der Waals surface area contributed by atoms with E-state index in [1.54, 1.807) is 30.3 Å². The van der Waals surface area contributed by atoms with E-state index in [9.17, 15) is 18.0 Å². The molecule has 0 radical (unpaired) electrons. The van der Waals surface area contributed by atoms with E-state index in [4.69, 9.17) is 14.2 Å². The maximum Gasteiger partial charge on any atom is 0.315 e. The predicted molar refractivity (Wildman–Crippen MR) is 110 cm³/mol. The first-order valence-corrected chi connectivity index (χ1v) is 12.4. The third-order valence-corrected chi connectivity index (χ3v) is 10.4. The molecule has 3 heterocycles. The second-order valence-corrected chi connectivity index (χ2v) is 12.1. The van der Waals surface area contributed by atoms with Crippen molar-refractivity contribution in [3.63, 3.8) is 0 Å². The number of carbonyl (C=O) groups excluding carboxylic acids is 2. The van der Waals surface area contributed by atoms with Crippen molar-refractivity contribution < 1.29 is 32.2 Å². The summed E-state index contributed by atoms with van der Waals surface area (Å²) in [6, 6.07) is 8.35. The lowest BCUT2D eigenvalue weighted by Gasteiger charge is -2.70. The summed E-state index contributed by atoms with van der Waals surface area (Å²) in [6.45, 7) is 4.05. The Kier molecular flexibility index (Phi) is 4.42. The molecule has 8 heteroatoms. The highest BCUT2D eigenvalue weighted by atomic mass is 32.2. The summed E-state index contributed by atoms with van der Waals surface area (Å²) >= 11 is 0. The van der Waals surface area contributed by atoms with Gasteiger partial charge in [0.05, 0.1) is 36.4 Å². The van der Waals surface area contributed by atoms with Crippen LogP contribution in [0.5, 0.6) is 0 Å². The van der Waals surface area contributed by atoms with Gasteiger partial charge in [-0.05, 0) is 42.7 Å². The number of carbonyl (C=O) groups is 2. The number of hydrogen-bond acceptors (Lipinski definition) is 7. The van der Waals surface area contributed by atoms with Crippen LogP contribution in [-0.2, 0) is 33.6 Å². The fraction of sp³-hybridized carbons (Fsp3) is 0.652. The van der Waals surface area contributed by atoms with E-state index in [1.807, 2.05) is 13.8 Å². The summed E-state index contributed by atoms with van der Waals surface area (Å²) in [4.78, 5) is 25.8. The number of hydrogen-bond donors (Lipinski definition) is 0. The predicted octanol–water partition coefficient (Wildman–Crippen LogP) is 2.53. The molecule has 5 fully saturated rings. The molecule has 0 N–H and O–H groups in total. The normalized spacial score (nSPS) is 40.2. The molecular weight excluding hydrogens is 420 g/mol. The Hall–Kier alpha value is -1.93. The van der Waals surface area contributed by atoms with Gasteiger partial charge in [-0.3, -0.25) is 9.59 Å². The van der Waals surface area contributed by atoms with Crippen LogP contribution in [0.2, 0.25) is 0 Å². The van der Waals surface area contributed by atoms with Gasteiger partial charge < -0.3 is 14.2 Å². The number of ether oxygens (including phenoxy) is 3. The number of fused-ring (bicyclic) bond motifs is 1. The Labute approximate surface area is 182 Å². The smallest absolute Gasteiger partial charge is 0.315 e. The molecule has 0 amide bonds. The van der Waals surface area contributed by atoms with Crippen LogP contribution in [0.4, 0.5) is 0 Å². The minimum absolute atomic E-state index is 0.158. The van der Waals surface area contributed by atoms with Gasteiger partial charge >= 0.3 is 11.9 Å². The molecule has 3 aliphatic heterocycles. The number of esters is 2. The Bertz CT molecular complexity index is 1030. The van der Waals surface area contributed by atoms with Crippen LogP contribution < -0.4 is 0 Å². The molecule has 0 aromatic heterocycles. The number of rotatable bonds is 4. The monoisotopic (exact) mass is 448 g/mol. The molecule has 0 unspecified atom stereocenters. The van der Waals surface area contributed by atoms with Crippen LogP contribution in [-0.4, -0.2) is 51.5 Å². The molecule has 6 rings (SSSR count). The van der Waals surface area contributed by atoms with Gasteiger partial charge in [-0.2, -0.15) is 0 Å².